The van der Waals surface area contributed by atoms with Crippen LogP contribution in [0.15, 0.2) is 0 Å². The summed E-state index contributed by atoms with van der Waals surface area (Å²) in [5.41, 5.74) is -0.362. The molecule has 0 N–H and O–H groups in total. The van der Waals surface area contributed by atoms with Crippen molar-refractivity contribution in [2.45, 2.75) is 64.7 Å². The lowest BCUT2D eigenvalue weighted by Crippen LogP contribution is -2.19. The molecule has 20 heavy (non-hydrogen) atoms. The molecule has 0 aromatic heterocycles. The molecular weight excluding hydrogens is 262 g/mol. The molecular formula is C16H22F2O2. The third-order valence-electron chi connectivity index (χ3n) is 6.26. The van der Waals surface area contributed by atoms with Crippen molar-refractivity contribution >= 4 is 11.6 Å². The number of carbonyl (C=O) groups is 2. The Hall–Kier alpha value is -0.800. The quantitative estimate of drug-likeness (QED) is 0.778. The van der Waals surface area contributed by atoms with E-state index < -0.39 is 12.3 Å². The monoisotopic (exact) mass is 284 g/mol. The van der Waals surface area contributed by atoms with Crippen LogP contribution in [0, 0.1) is 22.7 Å². The third kappa shape index (κ3) is 1.72. The number of fused-ring (bicyclic) bond motifs is 2. The van der Waals surface area contributed by atoms with E-state index in [1.165, 1.54) is 0 Å². The average molecular weight is 284 g/mol. The van der Waals surface area contributed by atoms with E-state index in [4.69, 9.17) is 0 Å². The highest BCUT2D eigenvalue weighted by molar-refractivity contribution is 5.95. The summed E-state index contributed by atoms with van der Waals surface area (Å²) in [5, 5.41) is 0. The lowest BCUT2D eigenvalue weighted by atomic mass is 9.99. The van der Waals surface area contributed by atoms with Crippen LogP contribution in [-0.2, 0) is 9.59 Å². The average Bonchev–Trinajstić information content (AvgIpc) is 3.29. The summed E-state index contributed by atoms with van der Waals surface area (Å²) in [6, 6.07) is 0. The van der Waals surface area contributed by atoms with Gasteiger partial charge in [-0.3, -0.25) is 9.59 Å². The van der Waals surface area contributed by atoms with E-state index in [-0.39, 0.29) is 22.4 Å². The first-order chi connectivity index (χ1) is 9.41. The zero-order chi connectivity index (χ0) is 14.7. The molecule has 0 aromatic carbocycles. The van der Waals surface area contributed by atoms with Gasteiger partial charge in [0.1, 0.15) is 0 Å². The topological polar surface area (TPSA) is 34.1 Å². The van der Waals surface area contributed by atoms with E-state index in [2.05, 4.69) is 0 Å². The van der Waals surface area contributed by atoms with Gasteiger partial charge < -0.3 is 0 Å². The molecule has 4 saturated carbocycles. The third-order valence-corrected chi connectivity index (χ3v) is 6.26. The number of hydrogen-bond donors (Lipinski definition) is 0. The predicted molar refractivity (Wildman–Crippen MR) is 70.7 cm³/mol. The van der Waals surface area contributed by atoms with E-state index in [1.807, 2.05) is 13.8 Å². The van der Waals surface area contributed by atoms with Crippen molar-refractivity contribution in [1.82, 2.24) is 0 Å². The zero-order valence-electron chi connectivity index (χ0n) is 12.1. The first-order valence-electron chi connectivity index (χ1n) is 7.78. The van der Waals surface area contributed by atoms with Crippen LogP contribution in [0.1, 0.15) is 52.4 Å². The predicted octanol–water partition coefficient (Wildman–Crippen LogP) is 3.43. The maximum absolute atomic E-state index is 12.7. The van der Waals surface area contributed by atoms with Gasteiger partial charge in [0.2, 0.25) is 0 Å². The minimum Gasteiger partial charge on any atom is -0.296 e. The highest BCUT2D eigenvalue weighted by Gasteiger charge is 2.66. The molecule has 6 atom stereocenters. The van der Waals surface area contributed by atoms with Crippen LogP contribution in [0.4, 0.5) is 8.78 Å². The molecule has 0 spiro atoms. The van der Waals surface area contributed by atoms with E-state index >= 15 is 0 Å². The van der Waals surface area contributed by atoms with Gasteiger partial charge >= 0.3 is 0 Å². The maximum atomic E-state index is 12.7. The van der Waals surface area contributed by atoms with Crippen molar-refractivity contribution in [3.63, 3.8) is 0 Å². The van der Waals surface area contributed by atoms with Gasteiger partial charge in [-0.05, 0) is 50.4 Å². The SMILES string of the molecule is CC[C@@]12C[C@@H]1C[C@@H](F)C2=O.CC[C@@]12C[C@@H]1C[C@H](F)C2=O. The van der Waals surface area contributed by atoms with Gasteiger partial charge in [0.05, 0.1) is 0 Å². The second-order valence-electron chi connectivity index (χ2n) is 6.96. The molecule has 112 valence electrons. The highest BCUT2D eigenvalue weighted by Crippen LogP contribution is 2.64. The molecule has 4 heteroatoms. The van der Waals surface area contributed by atoms with Crippen molar-refractivity contribution in [3.05, 3.63) is 0 Å². The fraction of sp³-hybridized carbons (Fsp3) is 0.875. The van der Waals surface area contributed by atoms with E-state index in [9.17, 15) is 18.4 Å². The number of Topliss-reactive ketones (excluding diaryl/α,β-unsaturated/α-hetero) is 2. The molecule has 0 saturated heterocycles. The number of hydrogen-bond acceptors (Lipinski definition) is 2. The Morgan fingerprint density at radius 1 is 0.900 bits per heavy atom. The van der Waals surface area contributed by atoms with Gasteiger partial charge in [0.15, 0.2) is 23.9 Å². The fourth-order valence-electron chi connectivity index (χ4n) is 4.53. The highest BCUT2D eigenvalue weighted by atomic mass is 19.1. The Bertz CT molecular complexity index is 413. The van der Waals surface area contributed by atoms with Gasteiger partial charge in [-0.1, -0.05) is 13.8 Å². The van der Waals surface area contributed by atoms with Crippen molar-refractivity contribution in [1.29, 1.82) is 0 Å². The lowest BCUT2D eigenvalue weighted by Gasteiger charge is -2.06. The van der Waals surface area contributed by atoms with Crippen molar-refractivity contribution in [2.75, 3.05) is 0 Å². The molecule has 2 nitrogen and oxygen atoms in total. The van der Waals surface area contributed by atoms with Gasteiger partial charge in [-0.15, -0.1) is 0 Å². The van der Waals surface area contributed by atoms with Gasteiger partial charge in [0, 0.05) is 10.8 Å². The summed E-state index contributed by atoms with van der Waals surface area (Å²) >= 11 is 0. The molecule has 0 amide bonds. The molecule has 4 aliphatic carbocycles. The van der Waals surface area contributed by atoms with Crippen molar-refractivity contribution in [2.24, 2.45) is 22.7 Å². The minimum atomic E-state index is -1.13. The number of carbonyl (C=O) groups excluding carboxylic acids is 2. The summed E-state index contributed by atoms with van der Waals surface area (Å²) in [5.74, 6) is 0.583. The van der Waals surface area contributed by atoms with Crippen LogP contribution in [0.25, 0.3) is 0 Å². The van der Waals surface area contributed by atoms with Crippen molar-refractivity contribution in [3.8, 4) is 0 Å². The molecule has 0 bridgehead atoms. The van der Waals surface area contributed by atoms with E-state index in [1.54, 1.807) is 0 Å². The fourth-order valence-corrected chi connectivity index (χ4v) is 4.53. The van der Waals surface area contributed by atoms with E-state index in [0.29, 0.717) is 24.7 Å². The van der Waals surface area contributed by atoms with Gasteiger partial charge in [-0.2, -0.15) is 0 Å². The number of alkyl halides is 2. The largest absolute Gasteiger partial charge is 0.296 e. The van der Waals surface area contributed by atoms with E-state index in [0.717, 1.165) is 25.7 Å². The number of halogens is 2. The standard InChI is InChI=1S/2C8H11FO/c2*1-2-8-4-5(8)3-6(9)7(8)10/h2*5-6H,2-4H2,1H3/t5-,6+,8+;5-,6-,8+/m00/s1. The molecule has 4 aliphatic rings. The van der Waals surface area contributed by atoms with Crippen LogP contribution in [0.2, 0.25) is 0 Å². The first-order valence-corrected chi connectivity index (χ1v) is 7.78. The van der Waals surface area contributed by atoms with Crippen molar-refractivity contribution < 1.29 is 18.4 Å². The number of rotatable bonds is 2. The summed E-state index contributed by atoms with van der Waals surface area (Å²) < 4.78 is 25.4. The second-order valence-corrected chi connectivity index (χ2v) is 6.96. The molecule has 0 radical (unpaired) electrons. The Kier molecular flexibility index (Phi) is 3.07. The minimum absolute atomic E-state index is 0.111. The maximum Gasteiger partial charge on any atom is 0.173 e. The van der Waals surface area contributed by atoms with Crippen LogP contribution in [0.3, 0.4) is 0 Å². The summed E-state index contributed by atoms with van der Waals surface area (Å²) in [4.78, 5) is 22.2. The van der Waals surface area contributed by atoms with Crippen LogP contribution < -0.4 is 0 Å². The van der Waals surface area contributed by atoms with Gasteiger partial charge in [-0.25, -0.2) is 8.78 Å². The van der Waals surface area contributed by atoms with Crippen LogP contribution in [-0.4, -0.2) is 23.9 Å². The molecule has 4 rings (SSSR count). The van der Waals surface area contributed by atoms with Crippen LogP contribution in [0.5, 0.6) is 0 Å². The summed E-state index contributed by atoms with van der Waals surface area (Å²) in [7, 11) is 0. The molecule has 0 unspecified atom stereocenters. The Morgan fingerprint density at radius 3 is 1.40 bits per heavy atom. The smallest absolute Gasteiger partial charge is 0.173 e. The molecule has 0 aromatic rings. The lowest BCUT2D eigenvalue weighted by molar-refractivity contribution is -0.127. The molecule has 4 fully saturated rings. The second kappa shape index (κ2) is 4.35. The zero-order valence-corrected chi connectivity index (χ0v) is 12.1. The van der Waals surface area contributed by atoms with Gasteiger partial charge in [0.25, 0.3) is 0 Å². The Morgan fingerprint density at radius 2 is 1.25 bits per heavy atom. The first kappa shape index (κ1) is 14.2. The number of ketones is 2. The molecule has 0 aliphatic heterocycles. The normalized spacial score (nSPS) is 51.2. The van der Waals surface area contributed by atoms with Crippen LogP contribution >= 0.6 is 0 Å². The summed E-state index contributed by atoms with van der Waals surface area (Å²) in [6.07, 6.45) is 2.37. The molecule has 0 heterocycles. The summed E-state index contributed by atoms with van der Waals surface area (Å²) in [6.45, 7) is 3.96. The Balaban J connectivity index is 0.000000121. The Labute approximate surface area is 118 Å².